The Morgan fingerprint density at radius 1 is 0.821 bits per heavy atom. The van der Waals surface area contributed by atoms with Crippen molar-refractivity contribution in [2.75, 3.05) is 13.2 Å². The van der Waals surface area contributed by atoms with Crippen molar-refractivity contribution in [2.45, 2.75) is 116 Å². The fraction of sp³-hybridized carbons (Fsp3) is 0.800. The molecule has 0 aliphatic rings. The standard InChI is InChI=1S/C25H46N2O/c1-3-4-5-6-7-8-9-10-11-12-13-14-15-18-21-27(24(2)23-28)22-25-19-16-17-20-26-25/h16-17,19-20,24,28H,3-15,18,21-23H2,1-2H3. The third-order valence-electron chi connectivity index (χ3n) is 5.78. The summed E-state index contributed by atoms with van der Waals surface area (Å²) in [5.74, 6) is 0. The molecule has 1 N–H and O–H groups in total. The predicted octanol–water partition coefficient (Wildman–Crippen LogP) is 6.75. The molecular weight excluding hydrogens is 344 g/mol. The maximum Gasteiger partial charge on any atom is 0.0584 e. The zero-order valence-corrected chi connectivity index (χ0v) is 18.7. The van der Waals surface area contributed by atoms with Crippen LogP contribution in [-0.4, -0.2) is 34.2 Å². The summed E-state index contributed by atoms with van der Waals surface area (Å²) in [5, 5.41) is 9.54. The van der Waals surface area contributed by atoms with E-state index in [1.807, 2.05) is 18.3 Å². The van der Waals surface area contributed by atoms with E-state index in [9.17, 15) is 5.11 Å². The number of aliphatic hydroxyl groups excluding tert-OH is 1. The maximum atomic E-state index is 9.54. The van der Waals surface area contributed by atoms with E-state index in [0.29, 0.717) is 0 Å². The molecule has 1 heterocycles. The van der Waals surface area contributed by atoms with Crippen molar-refractivity contribution in [1.29, 1.82) is 0 Å². The Hall–Kier alpha value is -0.930. The van der Waals surface area contributed by atoms with Gasteiger partial charge in [0.25, 0.3) is 0 Å². The van der Waals surface area contributed by atoms with Crippen molar-refractivity contribution >= 4 is 0 Å². The average molecular weight is 391 g/mol. The van der Waals surface area contributed by atoms with Crippen LogP contribution in [0.25, 0.3) is 0 Å². The van der Waals surface area contributed by atoms with Gasteiger partial charge in [-0.15, -0.1) is 0 Å². The minimum atomic E-state index is 0.198. The fourth-order valence-corrected chi connectivity index (χ4v) is 3.78. The fourth-order valence-electron chi connectivity index (χ4n) is 3.78. The van der Waals surface area contributed by atoms with Crippen molar-refractivity contribution in [1.82, 2.24) is 9.88 Å². The highest BCUT2D eigenvalue weighted by molar-refractivity contribution is 5.03. The van der Waals surface area contributed by atoms with E-state index in [4.69, 9.17) is 0 Å². The van der Waals surface area contributed by atoms with Crippen LogP contribution in [0.4, 0.5) is 0 Å². The van der Waals surface area contributed by atoms with Crippen molar-refractivity contribution in [3.05, 3.63) is 30.1 Å². The summed E-state index contributed by atoms with van der Waals surface area (Å²) in [6.07, 6.45) is 21.3. The van der Waals surface area contributed by atoms with E-state index in [1.54, 1.807) is 0 Å². The summed E-state index contributed by atoms with van der Waals surface area (Å²) in [7, 11) is 0. The van der Waals surface area contributed by atoms with Crippen LogP contribution in [0.15, 0.2) is 24.4 Å². The zero-order valence-electron chi connectivity index (χ0n) is 18.7. The summed E-state index contributed by atoms with van der Waals surface area (Å²) in [6, 6.07) is 6.26. The molecule has 0 saturated heterocycles. The first kappa shape index (κ1) is 25.1. The number of nitrogens with zero attached hydrogens (tertiary/aromatic N) is 2. The van der Waals surface area contributed by atoms with Crippen LogP contribution in [0.5, 0.6) is 0 Å². The highest BCUT2D eigenvalue weighted by Crippen LogP contribution is 2.14. The lowest BCUT2D eigenvalue weighted by atomic mass is 10.0. The lowest BCUT2D eigenvalue weighted by Gasteiger charge is -2.27. The van der Waals surface area contributed by atoms with Gasteiger partial charge in [0.15, 0.2) is 0 Å². The van der Waals surface area contributed by atoms with Crippen molar-refractivity contribution < 1.29 is 5.11 Å². The second kappa shape index (κ2) is 18.1. The van der Waals surface area contributed by atoms with Gasteiger partial charge in [0, 0.05) is 18.8 Å². The molecule has 1 rings (SSSR count). The SMILES string of the molecule is CCCCCCCCCCCCCCCCN(Cc1ccccn1)C(C)CO. The smallest absolute Gasteiger partial charge is 0.0584 e. The zero-order chi connectivity index (χ0) is 20.3. The largest absolute Gasteiger partial charge is 0.395 e. The number of aliphatic hydroxyl groups is 1. The first-order valence-corrected chi connectivity index (χ1v) is 12.0. The quantitative estimate of drug-likeness (QED) is 0.266. The molecule has 1 aromatic heterocycles. The molecule has 28 heavy (non-hydrogen) atoms. The predicted molar refractivity (Wildman–Crippen MR) is 122 cm³/mol. The van der Waals surface area contributed by atoms with E-state index < -0.39 is 0 Å². The van der Waals surface area contributed by atoms with Gasteiger partial charge in [0.2, 0.25) is 0 Å². The minimum Gasteiger partial charge on any atom is -0.395 e. The van der Waals surface area contributed by atoms with E-state index >= 15 is 0 Å². The number of hydrogen-bond donors (Lipinski definition) is 1. The molecule has 1 unspecified atom stereocenters. The van der Waals surface area contributed by atoms with Crippen LogP contribution in [-0.2, 0) is 6.54 Å². The highest BCUT2D eigenvalue weighted by Gasteiger charge is 2.13. The first-order chi connectivity index (χ1) is 13.8. The van der Waals surface area contributed by atoms with Gasteiger partial charge in [0.1, 0.15) is 0 Å². The van der Waals surface area contributed by atoms with Gasteiger partial charge in [-0.25, -0.2) is 0 Å². The molecule has 3 heteroatoms. The second-order valence-electron chi connectivity index (χ2n) is 8.42. The topological polar surface area (TPSA) is 36.4 Å². The number of rotatable bonds is 19. The first-order valence-electron chi connectivity index (χ1n) is 12.0. The number of pyridine rings is 1. The third-order valence-corrected chi connectivity index (χ3v) is 5.78. The Balaban J connectivity index is 1.98. The molecule has 3 nitrogen and oxygen atoms in total. The van der Waals surface area contributed by atoms with Gasteiger partial charge >= 0.3 is 0 Å². The van der Waals surface area contributed by atoms with Gasteiger partial charge < -0.3 is 5.11 Å². The molecule has 0 radical (unpaired) electrons. The summed E-state index contributed by atoms with van der Waals surface area (Å²) < 4.78 is 0. The van der Waals surface area contributed by atoms with Gasteiger partial charge in [0.05, 0.1) is 12.3 Å². The Kier molecular flexibility index (Phi) is 16.2. The average Bonchev–Trinajstić information content (AvgIpc) is 2.73. The molecule has 0 aliphatic carbocycles. The minimum absolute atomic E-state index is 0.198. The van der Waals surface area contributed by atoms with Crippen LogP contribution in [0.2, 0.25) is 0 Å². The second-order valence-corrected chi connectivity index (χ2v) is 8.42. The monoisotopic (exact) mass is 390 g/mol. The van der Waals surface area contributed by atoms with Crippen LogP contribution in [0.3, 0.4) is 0 Å². The molecule has 0 saturated carbocycles. The van der Waals surface area contributed by atoms with E-state index in [-0.39, 0.29) is 12.6 Å². The summed E-state index contributed by atoms with van der Waals surface area (Å²) in [5.41, 5.74) is 1.09. The van der Waals surface area contributed by atoms with Gasteiger partial charge in [-0.1, -0.05) is 96.5 Å². The maximum absolute atomic E-state index is 9.54. The molecule has 1 aromatic rings. The molecule has 1 atom stereocenters. The van der Waals surface area contributed by atoms with Crippen molar-refractivity contribution in [3.63, 3.8) is 0 Å². The summed E-state index contributed by atoms with van der Waals surface area (Å²) in [6.45, 7) is 6.49. The van der Waals surface area contributed by atoms with Crippen LogP contribution >= 0.6 is 0 Å². The molecule has 0 aromatic carbocycles. The highest BCUT2D eigenvalue weighted by atomic mass is 16.3. The summed E-state index contributed by atoms with van der Waals surface area (Å²) >= 11 is 0. The molecule has 0 fully saturated rings. The number of aromatic nitrogens is 1. The van der Waals surface area contributed by atoms with Crippen LogP contribution in [0, 0.1) is 0 Å². The van der Waals surface area contributed by atoms with Gasteiger partial charge in [-0.05, 0) is 32.0 Å². The number of unbranched alkanes of at least 4 members (excludes halogenated alkanes) is 13. The normalized spacial score (nSPS) is 12.6. The lowest BCUT2D eigenvalue weighted by molar-refractivity contribution is 0.124. The molecule has 0 spiro atoms. The van der Waals surface area contributed by atoms with E-state index in [0.717, 1.165) is 18.8 Å². The molecular formula is C25H46N2O. The third kappa shape index (κ3) is 13.3. The van der Waals surface area contributed by atoms with Crippen LogP contribution < -0.4 is 0 Å². The lowest BCUT2D eigenvalue weighted by Crippen LogP contribution is -2.36. The molecule has 0 amide bonds. The molecule has 0 bridgehead atoms. The van der Waals surface area contributed by atoms with E-state index in [2.05, 4.69) is 29.8 Å². The Morgan fingerprint density at radius 2 is 1.36 bits per heavy atom. The number of hydrogen-bond acceptors (Lipinski definition) is 3. The molecule has 0 aliphatic heterocycles. The van der Waals surface area contributed by atoms with Crippen molar-refractivity contribution in [2.24, 2.45) is 0 Å². The van der Waals surface area contributed by atoms with Crippen molar-refractivity contribution in [3.8, 4) is 0 Å². The Morgan fingerprint density at radius 3 is 1.82 bits per heavy atom. The Labute approximate surface area is 175 Å². The Bertz CT molecular complexity index is 437. The van der Waals surface area contributed by atoms with Crippen LogP contribution in [0.1, 0.15) is 109 Å². The molecule has 162 valence electrons. The summed E-state index contributed by atoms with van der Waals surface area (Å²) in [4.78, 5) is 6.79. The van der Waals surface area contributed by atoms with Gasteiger partial charge in [-0.3, -0.25) is 9.88 Å². The van der Waals surface area contributed by atoms with E-state index in [1.165, 1.54) is 89.9 Å². The van der Waals surface area contributed by atoms with Gasteiger partial charge in [-0.2, -0.15) is 0 Å².